The lowest BCUT2D eigenvalue weighted by molar-refractivity contribution is -0.159. The van der Waals surface area contributed by atoms with Gasteiger partial charge < -0.3 is 18.6 Å². The zero-order valence-corrected chi connectivity index (χ0v) is 19.5. The van der Waals surface area contributed by atoms with Gasteiger partial charge in [0.05, 0.1) is 25.1 Å². The summed E-state index contributed by atoms with van der Waals surface area (Å²) >= 11 is 12.3. The highest BCUT2D eigenvalue weighted by Crippen LogP contribution is 2.73. The van der Waals surface area contributed by atoms with Crippen molar-refractivity contribution in [2.24, 2.45) is 11.3 Å². The molecule has 5 rings (SSSR count). The van der Waals surface area contributed by atoms with E-state index in [-0.39, 0.29) is 40.0 Å². The molecule has 6 atom stereocenters. The van der Waals surface area contributed by atoms with Gasteiger partial charge in [0, 0.05) is 12.1 Å². The third-order valence-corrected chi connectivity index (χ3v) is 8.12. The highest BCUT2D eigenvalue weighted by atomic mass is 35.5. The standard InChI is InChI=1S/C19H23Cl2N4O4P/c1-5-27-30(4,26)7-6-19-8-10(19)12(13-14(19)29-18(2,3)28-13)25-9-22-11-15(20)23-17(21)24-16(11)25/h6-7,9-10,12-14H,5,8H2,1-4H3/b7-6+/t10-,12-,13+,14+,19-,30?/m1/s1. The zero-order valence-electron chi connectivity index (χ0n) is 17.1. The Labute approximate surface area is 184 Å². The van der Waals surface area contributed by atoms with Crippen molar-refractivity contribution in [1.82, 2.24) is 19.5 Å². The fraction of sp³-hybridized carbons (Fsp3) is 0.632. The van der Waals surface area contributed by atoms with Crippen LogP contribution in [0.5, 0.6) is 0 Å². The van der Waals surface area contributed by atoms with Gasteiger partial charge >= 0.3 is 0 Å². The number of hydrogen-bond acceptors (Lipinski definition) is 7. The number of ether oxygens (including phenoxy) is 2. The van der Waals surface area contributed by atoms with Crippen LogP contribution in [0.2, 0.25) is 10.4 Å². The molecular formula is C19H23Cl2N4O4P. The SMILES string of the molecule is CCOP(C)(=O)/C=C/[C@@]12C[C@@H]1[C@@H](n1cnc3c(Cl)nc(Cl)nc31)[C@@H]1OC(C)(C)O[C@@H]12. The van der Waals surface area contributed by atoms with E-state index < -0.39 is 13.2 Å². The molecule has 0 amide bonds. The summed E-state index contributed by atoms with van der Waals surface area (Å²) in [5.74, 6) is 1.21. The topological polar surface area (TPSA) is 88.4 Å². The molecule has 30 heavy (non-hydrogen) atoms. The maximum atomic E-state index is 12.7. The van der Waals surface area contributed by atoms with Gasteiger partial charge in [-0.1, -0.05) is 17.7 Å². The Morgan fingerprint density at radius 3 is 2.87 bits per heavy atom. The molecule has 2 aliphatic carbocycles. The van der Waals surface area contributed by atoms with E-state index in [2.05, 4.69) is 15.0 Å². The molecule has 1 aliphatic heterocycles. The second-order valence-electron chi connectivity index (χ2n) is 8.68. The number of nitrogens with zero attached hydrogens (tertiary/aromatic N) is 4. The van der Waals surface area contributed by atoms with Gasteiger partial charge in [-0.25, -0.2) is 9.97 Å². The molecule has 162 valence electrons. The molecule has 0 aromatic carbocycles. The summed E-state index contributed by atoms with van der Waals surface area (Å²) < 4.78 is 32.7. The van der Waals surface area contributed by atoms with Crippen LogP contribution in [0.4, 0.5) is 0 Å². The number of rotatable bonds is 5. The summed E-state index contributed by atoms with van der Waals surface area (Å²) in [6.07, 6.45) is 4.22. The highest BCUT2D eigenvalue weighted by molar-refractivity contribution is 7.61. The second-order valence-corrected chi connectivity index (χ2v) is 11.8. The molecule has 2 saturated carbocycles. The minimum atomic E-state index is -2.81. The Morgan fingerprint density at radius 1 is 1.37 bits per heavy atom. The normalized spacial score (nSPS) is 36.2. The van der Waals surface area contributed by atoms with Crippen LogP contribution in [-0.4, -0.2) is 50.8 Å². The molecule has 0 bridgehead atoms. The van der Waals surface area contributed by atoms with Gasteiger partial charge in [0.1, 0.15) is 11.6 Å². The number of imidazole rings is 1. The van der Waals surface area contributed by atoms with Crippen molar-refractivity contribution in [2.75, 3.05) is 13.3 Å². The third kappa shape index (κ3) is 3.15. The van der Waals surface area contributed by atoms with Gasteiger partial charge in [0.2, 0.25) is 12.7 Å². The van der Waals surface area contributed by atoms with Crippen LogP contribution in [0.3, 0.4) is 0 Å². The Balaban J connectivity index is 1.57. The smallest absolute Gasteiger partial charge is 0.225 e. The van der Waals surface area contributed by atoms with Crippen molar-refractivity contribution in [1.29, 1.82) is 0 Å². The molecule has 0 radical (unpaired) electrons. The maximum Gasteiger partial charge on any atom is 0.225 e. The van der Waals surface area contributed by atoms with Crippen LogP contribution >= 0.6 is 30.6 Å². The average molecular weight is 473 g/mol. The molecule has 3 aliphatic rings. The van der Waals surface area contributed by atoms with Crippen molar-refractivity contribution in [3.8, 4) is 0 Å². The van der Waals surface area contributed by atoms with E-state index >= 15 is 0 Å². The second kappa shape index (κ2) is 6.74. The molecule has 0 spiro atoms. The van der Waals surface area contributed by atoms with Gasteiger partial charge in [0.25, 0.3) is 0 Å². The van der Waals surface area contributed by atoms with E-state index in [9.17, 15) is 4.57 Å². The van der Waals surface area contributed by atoms with E-state index in [0.717, 1.165) is 6.42 Å². The fourth-order valence-corrected chi connectivity index (χ4v) is 6.63. The van der Waals surface area contributed by atoms with Gasteiger partial charge in [-0.15, -0.1) is 0 Å². The summed E-state index contributed by atoms with van der Waals surface area (Å²) in [7, 11) is -2.81. The van der Waals surface area contributed by atoms with Crippen LogP contribution in [0, 0.1) is 11.3 Å². The number of fused-ring (bicyclic) bond motifs is 4. The maximum absolute atomic E-state index is 12.7. The van der Waals surface area contributed by atoms with E-state index in [1.807, 2.05) is 31.4 Å². The minimum Gasteiger partial charge on any atom is -0.344 e. The van der Waals surface area contributed by atoms with Crippen LogP contribution in [0.15, 0.2) is 18.2 Å². The van der Waals surface area contributed by atoms with E-state index in [1.54, 1.807) is 18.8 Å². The Hall–Kier alpha value is -1.02. The quantitative estimate of drug-likeness (QED) is 0.354. The van der Waals surface area contributed by atoms with Gasteiger partial charge in [0.15, 0.2) is 16.6 Å². The number of halogens is 2. The van der Waals surface area contributed by atoms with E-state index in [0.29, 0.717) is 17.8 Å². The van der Waals surface area contributed by atoms with Crippen molar-refractivity contribution in [2.45, 2.75) is 51.2 Å². The molecule has 0 N–H and O–H groups in total. The summed E-state index contributed by atoms with van der Waals surface area (Å²) in [5.41, 5.74) is 0.793. The molecule has 2 aromatic rings. The molecule has 2 aromatic heterocycles. The molecule has 1 unspecified atom stereocenters. The van der Waals surface area contributed by atoms with Crippen LogP contribution in [0.25, 0.3) is 11.2 Å². The predicted octanol–water partition coefficient (Wildman–Crippen LogP) is 4.67. The number of aromatic nitrogens is 4. The lowest BCUT2D eigenvalue weighted by Gasteiger charge is -2.24. The van der Waals surface area contributed by atoms with Crippen LogP contribution < -0.4 is 0 Å². The van der Waals surface area contributed by atoms with Gasteiger partial charge in [-0.2, -0.15) is 4.98 Å². The lowest BCUT2D eigenvalue weighted by atomic mass is 9.99. The Morgan fingerprint density at radius 2 is 2.13 bits per heavy atom. The van der Waals surface area contributed by atoms with E-state index in [4.69, 9.17) is 37.2 Å². The highest BCUT2D eigenvalue weighted by Gasteiger charge is 2.75. The Bertz CT molecular complexity index is 1110. The van der Waals surface area contributed by atoms with Crippen molar-refractivity contribution in [3.63, 3.8) is 0 Å². The lowest BCUT2D eigenvalue weighted by Crippen LogP contribution is -2.31. The molecule has 1 saturated heterocycles. The molecule has 3 fully saturated rings. The summed E-state index contributed by atoms with van der Waals surface area (Å²) in [6.45, 7) is 7.68. The Kier molecular flexibility index (Phi) is 4.68. The first-order valence-corrected chi connectivity index (χ1v) is 12.8. The predicted molar refractivity (Wildman–Crippen MR) is 113 cm³/mol. The molecule has 8 nitrogen and oxygen atoms in total. The van der Waals surface area contributed by atoms with Crippen molar-refractivity contribution >= 4 is 41.7 Å². The molecule has 11 heteroatoms. The summed E-state index contributed by atoms with van der Waals surface area (Å²) in [5, 5.41) is 0.283. The minimum absolute atomic E-state index is 0.0679. The van der Waals surface area contributed by atoms with Crippen LogP contribution in [-0.2, 0) is 18.6 Å². The van der Waals surface area contributed by atoms with E-state index in [1.165, 1.54) is 0 Å². The van der Waals surface area contributed by atoms with Crippen molar-refractivity contribution < 1.29 is 18.6 Å². The largest absolute Gasteiger partial charge is 0.344 e. The monoisotopic (exact) mass is 472 g/mol. The van der Waals surface area contributed by atoms with Gasteiger partial charge in [-0.05, 0) is 50.5 Å². The fourth-order valence-electron chi connectivity index (χ4n) is 5.06. The number of hydrogen-bond donors (Lipinski definition) is 0. The van der Waals surface area contributed by atoms with Crippen molar-refractivity contribution in [3.05, 3.63) is 28.7 Å². The zero-order chi connectivity index (χ0) is 21.5. The molecular weight excluding hydrogens is 450 g/mol. The van der Waals surface area contributed by atoms with Gasteiger partial charge in [-0.3, -0.25) is 4.57 Å². The third-order valence-electron chi connectivity index (χ3n) is 6.23. The summed E-state index contributed by atoms with van der Waals surface area (Å²) in [6, 6.07) is -0.0724. The molecule has 3 heterocycles. The first-order valence-electron chi connectivity index (χ1n) is 9.90. The summed E-state index contributed by atoms with van der Waals surface area (Å²) in [4.78, 5) is 12.8. The average Bonchev–Trinajstić information content (AvgIpc) is 2.90. The van der Waals surface area contributed by atoms with Crippen LogP contribution in [0.1, 0.15) is 33.2 Å². The first kappa shape index (κ1) is 20.9. The first-order chi connectivity index (χ1) is 14.1.